The van der Waals surface area contributed by atoms with Gasteiger partial charge in [-0.15, -0.1) is 0 Å². The number of nitrogens with zero attached hydrogens (tertiary/aromatic N) is 1. The van der Waals surface area contributed by atoms with Crippen LogP contribution < -0.4 is 0 Å². The first-order valence-electron chi connectivity index (χ1n) is 8.10. The van der Waals surface area contributed by atoms with Crippen LogP contribution in [0.2, 0.25) is 0 Å². The molecule has 0 aliphatic carbocycles. The maximum absolute atomic E-state index is 12.3. The van der Waals surface area contributed by atoms with Crippen LogP contribution in [0.4, 0.5) is 4.79 Å². The molecule has 1 amide bonds. The number of hydrogen-bond donors (Lipinski definition) is 1. The van der Waals surface area contributed by atoms with E-state index in [0.717, 1.165) is 4.90 Å². The summed E-state index contributed by atoms with van der Waals surface area (Å²) in [5, 5.41) is 9.80. The molecule has 2 atom stereocenters. The standard InChI is InChI=1S/C18H23NO6/c1-18(2,3)25-17(23)19-10-13(20)9-14(19)16(22)24-11-15(21)12-7-5-4-6-8-12/h4-8,13-14,20H,9-11H2,1-3H3/t13-,14+/m1/s1. The molecular formula is C18H23NO6. The second kappa shape index (κ2) is 7.65. The van der Waals surface area contributed by atoms with Gasteiger partial charge in [0.25, 0.3) is 0 Å². The molecular weight excluding hydrogens is 326 g/mol. The summed E-state index contributed by atoms with van der Waals surface area (Å²) in [6.45, 7) is 4.70. The number of rotatable bonds is 4. The van der Waals surface area contributed by atoms with Gasteiger partial charge in [-0.2, -0.15) is 0 Å². The van der Waals surface area contributed by atoms with Crippen molar-refractivity contribution in [2.24, 2.45) is 0 Å². The number of carbonyl (C=O) groups excluding carboxylic acids is 3. The first-order chi connectivity index (χ1) is 11.7. The highest BCUT2D eigenvalue weighted by Gasteiger charge is 2.42. The third-order valence-corrected chi connectivity index (χ3v) is 3.62. The highest BCUT2D eigenvalue weighted by Crippen LogP contribution is 2.22. The van der Waals surface area contributed by atoms with Gasteiger partial charge in [0.2, 0.25) is 0 Å². The average Bonchev–Trinajstić information content (AvgIpc) is 2.93. The smallest absolute Gasteiger partial charge is 0.411 e. The molecule has 1 N–H and O–H groups in total. The normalized spacial score (nSPS) is 20.2. The van der Waals surface area contributed by atoms with Crippen LogP contribution >= 0.6 is 0 Å². The number of hydrogen-bond acceptors (Lipinski definition) is 6. The van der Waals surface area contributed by atoms with Crippen LogP contribution in [0.3, 0.4) is 0 Å². The first kappa shape index (κ1) is 18.9. The van der Waals surface area contributed by atoms with E-state index >= 15 is 0 Å². The molecule has 1 aliphatic rings. The number of Topliss-reactive ketones (excluding diaryl/α,β-unsaturated/α-hetero) is 1. The Bertz CT molecular complexity index is 637. The molecule has 7 heteroatoms. The lowest BCUT2D eigenvalue weighted by Crippen LogP contribution is -2.44. The van der Waals surface area contributed by atoms with E-state index in [1.165, 1.54) is 0 Å². The number of aliphatic hydroxyl groups is 1. The third kappa shape index (κ3) is 5.29. The van der Waals surface area contributed by atoms with Crippen molar-refractivity contribution in [1.29, 1.82) is 0 Å². The summed E-state index contributed by atoms with van der Waals surface area (Å²) >= 11 is 0. The van der Waals surface area contributed by atoms with Gasteiger partial charge in [-0.05, 0) is 20.8 Å². The number of ketones is 1. The van der Waals surface area contributed by atoms with Gasteiger partial charge in [-0.25, -0.2) is 9.59 Å². The monoisotopic (exact) mass is 349 g/mol. The number of aliphatic hydroxyl groups excluding tert-OH is 1. The van der Waals surface area contributed by atoms with Crippen molar-refractivity contribution in [3.63, 3.8) is 0 Å². The summed E-state index contributed by atoms with van der Waals surface area (Å²) in [5.74, 6) is -1.07. The van der Waals surface area contributed by atoms with Crippen LogP contribution in [0.1, 0.15) is 37.6 Å². The topological polar surface area (TPSA) is 93.1 Å². The summed E-state index contributed by atoms with van der Waals surface area (Å²) in [6.07, 6.45) is -1.48. The van der Waals surface area contributed by atoms with Gasteiger partial charge in [0, 0.05) is 12.0 Å². The van der Waals surface area contributed by atoms with Gasteiger partial charge in [-0.1, -0.05) is 30.3 Å². The molecule has 25 heavy (non-hydrogen) atoms. The largest absolute Gasteiger partial charge is 0.456 e. The maximum atomic E-state index is 12.3. The second-order valence-corrected chi connectivity index (χ2v) is 6.93. The van der Waals surface area contributed by atoms with E-state index in [4.69, 9.17) is 9.47 Å². The predicted molar refractivity (Wildman–Crippen MR) is 89.1 cm³/mol. The molecule has 1 aromatic carbocycles. The van der Waals surface area contributed by atoms with Crippen molar-refractivity contribution < 1.29 is 29.0 Å². The Morgan fingerprint density at radius 1 is 1.20 bits per heavy atom. The van der Waals surface area contributed by atoms with Crippen molar-refractivity contribution in [1.82, 2.24) is 4.90 Å². The van der Waals surface area contributed by atoms with Gasteiger partial charge < -0.3 is 14.6 Å². The Hall–Kier alpha value is -2.41. The zero-order chi connectivity index (χ0) is 18.6. The maximum Gasteiger partial charge on any atom is 0.411 e. The van der Waals surface area contributed by atoms with Crippen LogP contribution in [-0.2, 0) is 14.3 Å². The van der Waals surface area contributed by atoms with E-state index in [9.17, 15) is 19.5 Å². The van der Waals surface area contributed by atoms with Gasteiger partial charge in [-0.3, -0.25) is 9.69 Å². The van der Waals surface area contributed by atoms with Crippen LogP contribution in [0, 0.1) is 0 Å². The molecule has 0 spiro atoms. The first-order valence-corrected chi connectivity index (χ1v) is 8.10. The van der Waals surface area contributed by atoms with Gasteiger partial charge in [0.1, 0.15) is 11.6 Å². The molecule has 2 rings (SSSR count). The molecule has 0 unspecified atom stereocenters. The fraction of sp³-hybridized carbons (Fsp3) is 0.500. The summed E-state index contributed by atoms with van der Waals surface area (Å²) < 4.78 is 10.3. The van der Waals surface area contributed by atoms with E-state index in [-0.39, 0.29) is 18.7 Å². The van der Waals surface area contributed by atoms with Crippen LogP contribution in [0.5, 0.6) is 0 Å². The van der Waals surface area contributed by atoms with E-state index in [0.29, 0.717) is 5.56 Å². The Morgan fingerprint density at radius 2 is 1.84 bits per heavy atom. The van der Waals surface area contributed by atoms with Crippen LogP contribution in [0.15, 0.2) is 30.3 Å². The van der Waals surface area contributed by atoms with Crippen molar-refractivity contribution in [3.05, 3.63) is 35.9 Å². The summed E-state index contributed by atoms with van der Waals surface area (Å²) in [6, 6.07) is 7.50. The van der Waals surface area contributed by atoms with Gasteiger partial charge >= 0.3 is 12.1 Å². The Balaban J connectivity index is 1.96. The summed E-state index contributed by atoms with van der Waals surface area (Å²) in [4.78, 5) is 37.6. The van der Waals surface area contributed by atoms with Gasteiger partial charge in [0.05, 0.1) is 12.6 Å². The fourth-order valence-corrected chi connectivity index (χ4v) is 2.50. The lowest BCUT2D eigenvalue weighted by atomic mass is 10.1. The lowest BCUT2D eigenvalue weighted by Gasteiger charge is -2.27. The van der Waals surface area contributed by atoms with Crippen LogP contribution in [-0.4, -0.2) is 58.8 Å². The minimum Gasteiger partial charge on any atom is -0.456 e. The molecule has 1 heterocycles. The van der Waals surface area contributed by atoms with E-state index in [1.807, 2.05) is 0 Å². The minimum absolute atomic E-state index is 0.0126. The number of carbonyl (C=O) groups is 3. The third-order valence-electron chi connectivity index (χ3n) is 3.62. The van der Waals surface area contributed by atoms with E-state index in [1.54, 1.807) is 51.1 Å². The number of amides is 1. The molecule has 1 saturated heterocycles. The quantitative estimate of drug-likeness (QED) is 0.658. The van der Waals surface area contributed by atoms with Crippen molar-refractivity contribution in [3.8, 4) is 0 Å². The number of likely N-dealkylation sites (tertiary alicyclic amines) is 1. The SMILES string of the molecule is CC(C)(C)OC(=O)N1C[C@H](O)C[C@H]1C(=O)OCC(=O)c1ccccc1. The highest BCUT2D eigenvalue weighted by atomic mass is 16.6. The summed E-state index contributed by atoms with van der Waals surface area (Å²) in [7, 11) is 0. The van der Waals surface area contributed by atoms with E-state index < -0.39 is 36.4 Å². The minimum atomic E-state index is -0.964. The van der Waals surface area contributed by atoms with Crippen molar-refractivity contribution in [2.45, 2.75) is 44.9 Å². The summed E-state index contributed by atoms with van der Waals surface area (Å²) in [5.41, 5.74) is -0.284. The number of β-amino-alcohol motifs (C(OH)–C–C–N with tert-alkyl or cyclic N) is 1. The zero-order valence-corrected chi connectivity index (χ0v) is 14.6. The molecule has 0 bridgehead atoms. The molecule has 1 fully saturated rings. The molecule has 136 valence electrons. The zero-order valence-electron chi connectivity index (χ0n) is 14.6. The predicted octanol–water partition coefficient (Wildman–Crippen LogP) is 1.78. The lowest BCUT2D eigenvalue weighted by molar-refractivity contribution is -0.147. The Labute approximate surface area is 146 Å². The number of benzene rings is 1. The number of esters is 1. The Kier molecular flexibility index (Phi) is 5.79. The number of ether oxygens (including phenoxy) is 2. The van der Waals surface area contributed by atoms with E-state index in [2.05, 4.69) is 0 Å². The second-order valence-electron chi connectivity index (χ2n) is 6.93. The molecule has 0 aromatic heterocycles. The molecule has 1 aromatic rings. The molecule has 0 saturated carbocycles. The highest BCUT2D eigenvalue weighted by molar-refractivity contribution is 5.98. The fourth-order valence-electron chi connectivity index (χ4n) is 2.50. The molecule has 7 nitrogen and oxygen atoms in total. The Morgan fingerprint density at radius 3 is 2.44 bits per heavy atom. The van der Waals surface area contributed by atoms with Gasteiger partial charge in [0.15, 0.2) is 12.4 Å². The average molecular weight is 349 g/mol. The van der Waals surface area contributed by atoms with Crippen LogP contribution in [0.25, 0.3) is 0 Å². The van der Waals surface area contributed by atoms with Crippen molar-refractivity contribution >= 4 is 17.8 Å². The molecule has 1 aliphatic heterocycles. The van der Waals surface area contributed by atoms with Crippen molar-refractivity contribution in [2.75, 3.05) is 13.2 Å². The molecule has 0 radical (unpaired) electrons.